The van der Waals surface area contributed by atoms with E-state index in [9.17, 15) is 14.9 Å². The Morgan fingerprint density at radius 3 is 2.42 bits per heavy atom. The molecule has 0 aromatic heterocycles. The summed E-state index contributed by atoms with van der Waals surface area (Å²) < 4.78 is 0. The van der Waals surface area contributed by atoms with E-state index in [-0.39, 0.29) is 11.3 Å². The Hall–Kier alpha value is -3.54. The van der Waals surface area contributed by atoms with E-state index in [2.05, 4.69) is 10.5 Å². The first kappa shape index (κ1) is 17.3. The fourth-order valence-corrected chi connectivity index (χ4v) is 2.63. The number of rotatable bonds is 4. The standard InChI is InChI=1S/C20H17N3O3/c1-13-7-8-18(12-19(13)23(25)26)20(24)22-21-14(2)16-10-9-15-5-3-4-6-17(15)11-16/h3-12H,1-2H3,(H,22,24). The summed E-state index contributed by atoms with van der Waals surface area (Å²) in [5, 5.41) is 17.3. The van der Waals surface area contributed by atoms with Crippen LogP contribution in [-0.2, 0) is 0 Å². The van der Waals surface area contributed by atoms with Gasteiger partial charge in [-0.2, -0.15) is 5.10 Å². The molecule has 0 unspecified atom stereocenters. The zero-order valence-electron chi connectivity index (χ0n) is 14.4. The Morgan fingerprint density at radius 2 is 1.69 bits per heavy atom. The number of nitrogens with one attached hydrogen (secondary N) is 1. The molecule has 6 heteroatoms. The maximum atomic E-state index is 12.2. The van der Waals surface area contributed by atoms with Crippen molar-refractivity contribution in [1.29, 1.82) is 0 Å². The highest BCUT2D eigenvalue weighted by Crippen LogP contribution is 2.19. The van der Waals surface area contributed by atoms with Crippen LogP contribution in [0.15, 0.2) is 65.8 Å². The first-order valence-corrected chi connectivity index (χ1v) is 8.04. The highest BCUT2D eigenvalue weighted by molar-refractivity contribution is 6.03. The van der Waals surface area contributed by atoms with Crippen molar-refractivity contribution in [2.45, 2.75) is 13.8 Å². The van der Waals surface area contributed by atoms with Crippen LogP contribution in [0.3, 0.4) is 0 Å². The molecule has 0 aliphatic carbocycles. The molecule has 0 saturated heterocycles. The molecule has 3 rings (SSSR count). The minimum absolute atomic E-state index is 0.0899. The first-order chi connectivity index (χ1) is 12.5. The Labute approximate surface area is 150 Å². The van der Waals surface area contributed by atoms with Gasteiger partial charge in [-0.05, 0) is 42.3 Å². The van der Waals surface area contributed by atoms with E-state index in [0.717, 1.165) is 16.3 Å². The fourth-order valence-electron chi connectivity index (χ4n) is 2.63. The second-order valence-electron chi connectivity index (χ2n) is 5.96. The van der Waals surface area contributed by atoms with Crippen LogP contribution in [0, 0.1) is 17.0 Å². The average molecular weight is 347 g/mol. The summed E-state index contributed by atoms with van der Waals surface area (Å²) >= 11 is 0. The van der Waals surface area contributed by atoms with Crippen LogP contribution in [-0.4, -0.2) is 16.5 Å². The van der Waals surface area contributed by atoms with Crippen LogP contribution in [0.5, 0.6) is 0 Å². The maximum Gasteiger partial charge on any atom is 0.273 e. The Balaban J connectivity index is 1.80. The van der Waals surface area contributed by atoms with Gasteiger partial charge >= 0.3 is 0 Å². The second-order valence-corrected chi connectivity index (χ2v) is 5.96. The van der Waals surface area contributed by atoms with Crippen LogP contribution in [0.1, 0.15) is 28.4 Å². The number of nitro groups is 1. The van der Waals surface area contributed by atoms with E-state index in [1.165, 1.54) is 6.07 Å². The number of nitro benzene ring substituents is 1. The molecule has 0 saturated carbocycles. The molecular formula is C20H17N3O3. The third-order valence-electron chi connectivity index (χ3n) is 4.16. The van der Waals surface area contributed by atoms with Crippen molar-refractivity contribution in [1.82, 2.24) is 5.43 Å². The molecule has 0 fully saturated rings. The number of aryl methyl sites for hydroxylation is 1. The van der Waals surface area contributed by atoms with Gasteiger partial charge in [0.2, 0.25) is 0 Å². The number of fused-ring (bicyclic) bond motifs is 1. The number of nitrogens with zero attached hydrogens (tertiary/aromatic N) is 2. The second kappa shape index (κ2) is 7.14. The molecule has 1 N–H and O–H groups in total. The molecule has 0 radical (unpaired) electrons. The van der Waals surface area contributed by atoms with Crippen molar-refractivity contribution in [3.8, 4) is 0 Å². The van der Waals surface area contributed by atoms with Crippen LogP contribution in [0.4, 0.5) is 5.69 Å². The third-order valence-corrected chi connectivity index (χ3v) is 4.16. The lowest BCUT2D eigenvalue weighted by molar-refractivity contribution is -0.385. The van der Waals surface area contributed by atoms with Gasteiger partial charge in [-0.25, -0.2) is 5.43 Å². The summed E-state index contributed by atoms with van der Waals surface area (Å²) in [5.41, 5.74) is 4.59. The highest BCUT2D eigenvalue weighted by atomic mass is 16.6. The largest absolute Gasteiger partial charge is 0.273 e. The monoisotopic (exact) mass is 347 g/mol. The lowest BCUT2D eigenvalue weighted by Crippen LogP contribution is -2.19. The minimum atomic E-state index is -0.504. The van der Waals surface area contributed by atoms with Crippen molar-refractivity contribution in [2.24, 2.45) is 5.10 Å². The van der Waals surface area contributed by atoms with Gasteiger partial charge < -0.3 is 0 Å². The van der Waals surface area contributed by atoms with Crippen molar-refractivity contribution in [2.75, 3.05) is 0 Å². The first-order valence-electron chi connectivity index (χ1n) is 8.04. The van der Waals surface area contributed by atoms with Crippen molar-refractivity contribution < 1.29 is 9.72 Å². The summed E-state index contributed by atoms with van der Waals surface area (Å²) in [5.74, 6) is -0.492. The van der Waals surface area contributed by atoms with Crippen LogP contribution in [0.2, 0.25) is 0 Å². The van der Waals surface area contributed by atoms with Gasteiger partial charge in [-0.3, -0.25) is 14.9 Å². The predicted molar refractivity (Wildman–Crippen MR) is 101 cm³/mol. The third kappa shape index (κ3) is 3.59. The molecular weight excluding hydrogens is 330 g/mol. The quantitative estimate of drug-likeness (QED) is 0.436. The van der Waals surface area contributed by atoms with E-state index in [0.29, 0.717) is 11.3 Å². The van der Waals surface area contributed by atoms with Gasteiger partial charge in [-0.1, -0.05) is 42.5 Å². The number of hydrogen-bond acceptors (Lipinski definition) is 4. The number of hydrazone groups is 1. The van der Waals surface area contributed by atoms with E-state index in [4.69, 9.17) is 0 Å². The van der Waals surface area contributed by atoms with Gasteiger partial charge in [0.1, 0.15) is 0 Å². The number of amides is 1. The minimum Gasteiger partial charge on any atom is -0.267 e. The van der Waals surface area contributed by atoms with Gasteiger partial charge in [0.25, 0.3) is 11.6 Å². The Bertz CT molecular complexity index is 1040. The predicted octanol–water partition coefficient (Wildman–Crippen LogP) is 4.21. The smallest absolute Gasteiger partial charge is 0.267 e. The molecule has 130 valence electrons. The lowest BCUT2D eigenvalue weighted by Gasteiger charge is -2.05. The number of carbonyl (C=O) groups excluding carboxylic acids is 1. The van der Waals surface area contributed by atoms with Crippen LogP contribution in [0.25, 0.3) is 10.8 Å². The van der Waals surface area contributed by atoms with Gasteiger partial charge in [-0.15, -0.1) is 0 Å². The molecule has 26 heavy (non-hydrogen) atoms. The number of carbonyl (C=O) groups is 1. The molecule has 0 spiro atoms. The maximum absolute atomic E-state index is 12.2. The van der Waals surface area contributed by atoms with Gasteiger partial charge in [0, 0.05) is 17.2 Å². The van der Waals surface area contributed by atoms with Gasteiger partial charge in [0.05, 0.1) is 10.6 Å². The summed E-state index contributed by atoms with van der Waals surface area (Å²) in [6.07, 6.45) is 0. The molecule has 0 heterocycles. The molecule has 0 atom stereocenters. The average Bonchev–Trinajstić information content (AvgIpc) is 2.65. The summed E-state index contributed by atoms with van der Waals surface area (Å²) in [4.78, 5) is 22.7. The van der Waals surface area contributed by atoms with Crippen LogP contribution < -0.4 is 5.43 Å². The van der Waals surface area contributed by atoms with E-state index >= 15 is 0 Å². The van der Waals surface area contributed by atoms with Crippen molar-refractivity contribution in [3.05, 3.63) is 87.5 Å². The highest BCUT2D eigenvalue weighted by Gasteiger charge is 2.14. The van der Waals surface area contributed by atoms with E-state index in [1.54, 1.807) is 26.0 Å². The molecule has 1 amide bonds. The lowest BCUT2D eigenvalue weighted by atomic mass is 10.0. The molecule has 6 nitrogen and oxygen atoms in total. The molecule has 0 aliphatic rings. The molecule has 0 aliphatic heterocycles. The van der Waals surface area contributed by atoms with Crippen molar-refractivity contribution >= 4 is 28.1 Å². The van der Waals surface area contributed by atoms with Crippen LogP contribution >= 0.6 is 0 Å². The Morgan fingerprint density at radius 1 is 1.00 bits per heavy atom. The van der Waals surface area contributed by atoms with Crippen molar-refractivity contribution in [3.63, 3.8) is 0 Å². The zero-order valence-corrected chi connectivity index (χ0v) is 14.4. The summed E-state index contributed by atoms with van der Waals surface area (Å²) in [7, 11) is 0. The molecule has 3 aromatic carbocycles. The topological polar surface area (TPSA) is 84.6 Å². The van der Waals surface area contributed by atoms with E-state index < -0.39 is 10.8 Å². The normalized spacial score (nSPS) is 11.4. The summed E-state index contributed by atoms with van der Waals surface area (Å²) in [6.45, 7) is 3.42. The Kier molecular flexibility index (Phi) is 4.75. The molecule has 3 aromatic rings. The number of hydrogen-bond donors (Lipinski definition) is 1. The molecule has 0 bridgehead atoms. The number of benzene rings is 3. The fraction of sp³-hybridized carbons (Fsp3) is 0.100. The zero-order chi connectivity index (χ0) is 18.7. The van der Waals surface area contributed by atoms with Gasteiger partial charge in [0.15, 0.2) is 0 Å². The SMILES string of the molecule is CC(=NNC(=O)c1ccc(C)c([N+](=O)[O-])c1)c1ccc2ccccc2c1. The summed E-state index contributed by atoms with van der Waals surface area (Å²) in [6, 6.07) is 18.2. The van der Waals surface area contributed by atoms with E-state index in [1.807, 2.05) is 42.5 Å².